The fourth-order valence-electron chi connectivity index (χ4n) is 3.04. The number of benzene rings is 1. The first-order chi connectivity index (χ1) is 11.3. The van der Waals surface area contributed by atoms with E-state index in [1.807, 2.05) is 11.8 Å². The van der Waals surface area contributed by atoms with Crippen LogP contribution in [0.1, 0.15) is 31.7 Å². The zero-order chi connectivity index (χ0) is 17.7. The number of carbonyl (C=O) groups excluding carboxylic acids is 1. The summed E-state index contributed by atoms with van der Waals surface area (Å²) < 4.78 is 25.6. The third-order valence-corrected chi connectivity index (χ3v) is 6.20. The molecule has 1 aromatic rings. The Hall–Kier alpha value is -1.44. The molecule has 0 bridgehead atoms. The molecule has 1 aliphatic rings. The van der Waals surface area contributed by atoms with E-state index in [0.717, 1.165) is 31.5 Å². The first-order valence-electron chi connectivity index (χ1n) is 8.39. The predicted octanol–water partition coefficient (Wildman–Crippen LogP) is 1.11. The van der Waals surface area contributed by atoms with Crippen LogP contribution in [0, 0.1) is 5.92 Å². The van der Waals surface area contributed by atoms with Crippen molar-refractivity contribution in [3.63, 3.8) is 0 Å². The van der Waals surface area contributed by atoms with E-state index in [2.05, 4.69) is 4.72 Å². The van der Waals surface area contributed by atoms with Gasteiger partial charge in [-0.2, -0.15) is 0 Å². The van der Waals surface area contributed by atoms with E-state index < -0.39 is 10.0 Å². The highest BCUT2D eigenvalue weighted by molar-refractivity contribution is 7.89. The monoisotopic (exact) mass is 353 g/mol. The van der Waals surface area contributed by atoms with Gasteiger partial charge in [-0.05, 0) is 56.8 Å². The molecule has 1 saturated heterocycles. The zero-order valence-electron chi connectivity index (χ0n) is 14.4. The Kier molecular flexibility index (Phi) is 6.37. The molecule has 1 aliphatic heterocycles. The Bertz CT molecular complexity index is 648. The summed E-state index contributed by atoms with van der Waals surface area (Å²) in [6.45, 7) is 3.59. The number of hydrogen-bond acceptors (Lipinski definition) is 4. The quantitative estimate of drug-likeness (QED) is 0.801. The van der Waals surface area contributed by atoms with Crippen LogP contribution < -0.4 is 10.5 Å². The number of likely N-dealkylation sites (tertiary alicyclic amines) is 1. The number of hydrogen-bond donors (Lipinski definition) is 2. The number of sulfonamides is 1. The van der Waals surface area contributed by atoms with Crippen molar-refractivity contribution < 1.29 is 13.2 Å². The lowest BCUT2D eigenvalue weighted by Gasteiger charge is -2.33. The lowest BCUT2D eigenvalue weighted by Crippen LogP contribution is -2.42. The maximum Gasteiger partial charge on any atom is 0.240 e. The van der Waals surface area contributed by atoms with Crippen LogP contribution in [-0.4, -0.2) is 45.4 Å². The molecule has 0 spiro atoms. The lowest BCUT2D eigenvalue weighted by molar-refractivity contribution is -0.132. The highest BCUT2D eigenvalue weighted by atomic mass is 32.2. The SMILES string of the molecule is CNS(=O)(=O)c1ccc(CCC(=O)N2CCC(C(C)N)CC2)cc1. The first kappa shape index (κ1) is 18.9. The molecule has 134 valence electrons. The summed E-state index contributed by atoms with van der Waals surface area (Å²) >= 11 is 0. The molecule has 2 rings (SSSR count). The highest BCUT2D eigenvalue weighted by Gasteiger charge is 2.24. The van der Waals surface area contributed by atoms with E-state index in [4.69, 9.17) is 5.73 Å². The van der Waals surface area contributed by atoms with Crippen LogP contribution in [0.25, 0.3) is 0 Å². The smallest absolute Gasteiger partial charge is 0.240 e. The van der Waals surface area contributed by atoms with Crippen molar-refractivity contribution in [2.45, 2.75) is 43.5 Å². The molecule has 1 atom stereocenters. The summed E-state index contributed by atoms with van der Waals surface area (Å²) in [4.78, 5) is 14.5. The number of aryl methyl sites for hydroxylation is 1. The third-order valence-electron chi connectivity index (χ3n) is 4.77. The summed E-state index contributed by atoms with van der Waals surface area (Å²) in [6, 6.07) is 6.86. The van der Waals surface area contributed by atoms with Gasteiger partial charge in [0.05, 0.1) is 4.90 Å². The van der Waals surface area contributed by atoms with Gasteiger partial charge in [-0.1, -0.05) is 12.1 Å². The molecular weight excluding hydrogens is 326 g/mol. The van der Waals surface area contributed by atoms with Crippen LogP contribution in [0.4, 0.5) is 0 Å². The van der Waals surface area contributed by atoms with Crippen LogP contribution in [0.15, 0.2) is 29.2 Å². The number of piperidine rings is 1. The lowest BCUT2D eigenvalue weighted by atomic mass is 9.91. The summed E-state index contributed by atoms with van der Waals surface area (Å²) in [7, 11) is -2.03. The summed E-state index contributed by atoms with van der Waals surface area (Å²) in [5, 5.41) is 0. The van der Waals surface area contributed by atoms with Gasteiger partial charge in [-0.3, -0.25) is 4.79 Å². The van der Waals surface area contributed by atoms with E-state index in [9.17, 15) is 13.2 Å². The molecule has 1 heterocycles. The van der Waals surface area contributed by atoms with Gasteiger partial charge in [-0.25, -0.2) is 13.1 Å². The summed E-state index contributed by atoms with van der Waals surface area (Å²) in [5.74, 6) is 0.667. The largest absolute Gasteiger partial charge is 0.343 e. The van der Waals surface area contributed by atoms with Gasteiger partial charge in [0, 0.05) is 25.6 Å². The van der Waals surface area contributed by atoms with Crippen molar-refractivity contribution in [3.8, 4) is 0 Å². The second-order valence-electron chi connectivity index (χ2n) is 6.43. The molecule has 1 unspecified atom stereocenters. The van der Waals surface area contributed by atoms with Crippen molar-refractivity contribution in [2.75, 3.05) is 20.1 Å². The zero-order valence-corrected chi connectivity index (χ0v) is 15.2. The minimum atomic E-state index is -3.41. The molecular formula is C17H27N3O3S. The van der Waals surface area contributed by atoms with Crippen molar-refractivity contribution in [2.24, 2.45) is 11.7 Å². The van der Waals surface area contributed by atoms with Gasteiger partial charge in [0.2, 0.25) is 15.9 Å². The molecule has 0 radical (unpaired) electrons. The standard InChI is InChI=1S/C17H27N3O3S/c1-13(18)15-9-11-20(12-10-15)17(21)8-5-14-3-6-16(7-4-14)24(22,23)19-2/h3-4,6-7,13,15,19H,5,8-12,18H2,1-2H3. The number of nitrogens with zero attached hydrogens (tertiary/aromatic N) is 1. The summed E-state index contributed by atoms with van der Waals surface area (Å²) in [6.07, 6.45) is 3.01. The molecule has 24 heavy (non-hydrogen) atoms. The molecule has 1 aromatic carbocycles. The number of nitrogens with one attached hydrogen (secondary N) is 1. The fraction of sp³-hybridized carbons (Fsp3) is 0.588. The minimum absolute atomic E-state index is 0.157. The predicted molar refractivity (Wildman–Crippen MR) is 94.0 cm³/mol. The number of carbonyl (C=O) groups is 1. The van der Waals surface area contributed by atoms with Crippen molar-refractivity contribution >= 4 is 15.9 Å². The van der Waals surface area contributed by atoms with Gasteiger partial charge in [0.15, 0.2) is 0 Å². The van der Waals surface area contributed by atoms with Gasteiger partial charge in [0.25, 0.3) is 0 Å². The Morgan fingerprint density at radius 3 is 2.38 bits per heavy atom. The van der Waals surface area contributed by atoms with E-state index in [0.29, 0.717) is 18.8 Å². The van der Waals surface area contributed by atoms with Crippen molar-refractivity contribution in [1.82, 2.24) is 9.62 Å². The molecule has 0 saturated carbocycles. The normalized spacial score (nSPS) is 17.7. The van der Waals surface area contributed by atoms with Gasteiger partial charge < -0.3 is 10.6 Å². The molecule has 0 aliphatic carbocycles. The maximum atomic E-state index is 12.3. The van der Waals surface area contributed by atoms with Crippen LogP contribution in [0.2, 0.25) is 0 Å². The topological polar surface area (TPSA) is 92.5 Å². The minimum Gasteiger partial charge on any atom is -0.343 e. The molecule has 1 amide bonds. The highest BCUT2D eigenvalue weighted by Crippen LogP contribution is 2.20. The Labute approximate surface area is 144 Å². The van der Waals surface area contributed by atoms with Crippen LogP contribution >= 0.6 is 0 Å². The van der Waals surface area contributed by atoms with Crippen LogP contribution in [0.3, 0.4) is 0 Å². The molecule has 7 heteroatoms. The molecule has 3 N–H and O–H groups in total. The second-order valence-corrected chi connectivity index (χ2v) is 8.32. The molecule has 0 aromatic heterocycles. The van der Waals surface area contributed by atoms with Gasteiger partial charge in [-0.15, -0.1) is 0 Å². The Balaban J connectivity index is 1.84. The van der Waals surface area contributed by atoms with E-state index in [1.54, 1.807) is 24.3 Å². The number of nitrogens with two attached hydrogens (primary N) is 1. The number of rotatable bonds is 6. The second kappa shape index (κ2) is 8.09. The molecule has 6 nitrogen and oxygen atoms in total. The van der Waals surface area contributed by atoms with Crippen LogP contribution in [0.5, 0.6) is 0 Å². The van der Waals surface area contributed by atoms with E-state index in [1.165, 1.54) is 7.05 Å². The fourth-order valence-corrected chi connectivity index (χ4v) is 3.77. The average molecular weight is 353 g/mol. The summed E-state index contributed by atoms with van der Waals surface area (Å²) in [5.41, 5.74) is 6.89. The van der Waals surface area contributed by atoms with Gasteiger partial charge >= 0.3 is 0 Å². The first-order valence-corrected chi connectivity index (χ1v) is 9.87. The van der Waals surface area contributed by atoms with E-state index in [-0.39, 0.29) is 16.8 Å². The van der Waals surface area contributed by atoms with Crippen molar-refractivity contribution in [3.05, 3.63) is 29.8 Å². The average Bonchev–Trinajstić information content (AvgIpc) is 2.60. The van der Waals surface area contributed by atoms with Crippen molar-refractivity contribution in [1.29, 1.82) is 0 Å². The number of amides is 1. The Morgan fingerprint density at radius 2 is 1.88 bits per heavy atom. The van der Waals surface area contributed by atoms with E-state index >= 15 is 0 Å². The van der Waals surface area contributed by atoms with Gasteiger partial charge in [0.1, 0.15) is 0 Å². The molecule has 1 fully saturated rings. The Morgan fingerprint density at radius 1 is 1.29 bits per heavy atom. The van der Waals surface area contributed by atoms with Crippen LogP contribution in [-0.2, 0) is 21.2 Å². The maximum absolute atomic E-state index is 12.3. The third kappa shape index (κ3) is 4.78.